The zero-order valence-corrected chi connectivity index (χ0v) is 14.6. The Morgan fingerprint density at radius 1 is 1.04 bits per heavy atom. The smallest absolute Gasteiger partial charge is 0.334 e. The van der Waals surface area contributed by atoms with E-state index in [9.17, 15) is 9.59 Å². The van der Waals surface area contributed by atoms with E-state index in [-0.39, 0.29) is 23.6 Å². The van der Waals surface area contributed by atoms with Crippen LogP contribution in [0.4, 0.5) is 0 Å². The van der Waals surface area contributed by atoms with Crippen molar-refractivity contribution in [3.63, 3.8) is 0 Å². The predicted octanol–water partition coefficient (Wildman–Crippen LogP) is 4.47. The topological polar surface area (TPSA) is 43.4 Å². The molecule has 1 aliphatic rings. The van der Waals surface area contributed by atoms with E-state index in [1.54, 1.807) is 6.92 Å². The highest BCUT2D eigenvalue weighted by Crippen LogP contribution is 2.42. The van der Waals surface area contributed by atoms with Gasteiger partial charge < -0.3 is 4.74 Å². The molecular weight excluding hydrogens is 312 g/mol. The molecule has 0 amide bonds. The van der Waals surface area contributed by atoms with Gasteiger partial charge in [-0.1, -0.05) is 66.2 Å². The average molecular weight is 334 g/mol. The SMILES string of the molecule is CCOC(=O)C1=CCC(C(=O)c2ccc(C)cc2)C1c1ccccc1. The Balaban J connectivity index is 1.94. The third-order valence-electron chi connectivity index (χ3n) is 4.67. The highest BCUT2D eigenvalue weighted by atomic mass is 16.5. The summed E-state index contributed by atoms with van der Waals surface area (Å²) in [6.07, 6.45) is 2.42. The van der Waals surface area contributed by atoms with Crippen molar-refractivity contribution in [3.8, 4) is 0 Å². The Morgan fingerprint density at radius 2 is 1.72 bits per heavy atom. The lowest BCUT2D eigenvalue weighted by atomic mass is 9.80. The standard InChI is InChI=1S/C22H22O3/c1-3-25-22(24)19-14-13-18(20(19)16-7-5-4-6-8-16)21(23)17-11-9-15(2)10-12-17/h4-12,14,18,20H,3,13H2,1-2H3. The molecule has 128 valence electrons. The van der Waals surface area contributed by atoms with Crippen LogP contribution in [0.15, 0.2) is 66.2 Å². The molecule has 2 unspecified atom stereocenters. The summed E-state index contributed by atoms with van der Waals surface area (Å²) in [4.78, 5) is 25.5. The summed E-state index contributed by atoms with van der Waals surface area (Å²) >= 11 is 0. The Bertz CT molecular complexity index is 788. The van der Waals surface area contributed by atoms with Crippen molar-refractivity contribution in [3.05, 3.63) is 82.9 Å². The molecule has 3 rings (SSSR count). The number of ketones is 1. The van der Waals surface area contributed by atoms with E-state index in [0.717, 1.165) is 11.1 Å². The molecule has 0 aliphatic heterocycles. The van der Waals surface area contributed by atoms with E-state index in [2.05, 4.69) is 0 Å². The first kappa shape index (κ1) is 17.2. The van der Waals surface area contributed by atoms with Crippen molar-refractivity contribution < 1.29 is 14.3 Å². The molecule has 2 aromatic carbocycles. The zero-order chi connectivity index (χ0) is 17.8. The molecule has 2 aromatic rings. The molecule has 2 atom stereocenters. The van der Waals surface area contributed by atoms with Gasteiger partial charge in [0.1, 0.15) is 0 Å². The second kappa shape index (κ2) is 7.47. The number of allylic oxidation sites excluding steroid dienone is 1. The van der Waals surface area contributed by atoms with Crippen molar-refractivity contribution in [1.29, 1.82) is 0 Å². The van der Waals surface area contributed by atoms with Crippen molar-refractivity contribution >= 4 is 11.8 Å². The van der Waals surface area contributed by atoms with Crippen molar-refractivity contribution in [1.82, 2.24) is 0 Å². The molecule has 0 heterocycles. The minimum absolute atomic E-state index is 0.0735. The molecule has 1 aliphatic carbocycles. The molecule has 3 nitrogen and oxygen atoms in total. The molecule has 25 heavy (non-hydrogen) atoms. The van der Waals surface area contributed by atoms with Crippen LogP contribution in [-0.2, 0) is 9.53 Å². The third kappa shape index (κ3) is 3.55. The lowest BCUT2D eigenvalue weighted by molar-refractivity contribution is -0.138. The van der Waals surface area contributed by atoms with Crippen LogP contribution in [0.1, 0.15) is 40.7 Å². The fraction of sp³-hybridized carbons (Fsp3) is 0.273. The number of carbonyl (C=O) groups is 2. The van der Waals surface area contributed by atoms with Crippen LogP contribution in [0.5, 0.6) is 0 Å². The molecule has 0 saturated heterocycles. The summed E-state index contributed by atoms with van der Waals surface area (Å²) < 4.78 is 5.21. The van der Waals surface area contributed by atoms with Gasteiger partial charge in [0, 0.05) is 23.0 Å². The summed E-state index contributed by atoms with van der Waals surface area (Å²) in [5.41, 5.74) is 3.38. The lowest BCUT2D eigenvalue weighted by Gasteiger charge is -2.22. The first-order valence-electron chi connectivity index (χ1n) is 8.64. The molecule has 0 spiro atoms. The number of Topliss-reactive ketones (excluding diaryl/α,β-unsaturated/α-hetero) is 1. The number of hydrogen-bond donors (Lipinski definition) is 0. The molecule has 0 radical (unpaired) electrons. The summed E-state index contributed by atoms with van der Waals surface area (Å²) in [5.74, 6) is -0.779. The normalized spacial score (nSPS) is 19.4. The van der Waals surface area contributed by atoms with Crippen LogP contribution in [0.3, 0.4) is 0 Å². The maximum absolute atomic E-state index is 13.1. The van der Waals surface area contributed by atoms with E-state index >= 15 is 0 Å². The summed E-state index contributed by atoms with van der Waals surface area (Å²) in [5, 5.41) is 0. The van der Waals surface area contributed by atoms with Gasteiger partial charge in [0.15, 0.2) is 5.78 Å². The van der Waals surface area contributed by atoms with Crippen LogP contribution in [0.2, 0.25) is 0 Å². The van der Waals surface area contributed by atoms with Gasteiger partial charge in [-0.3, -0.25) is 4.79 Å². The molecular formula is C22H22O3. The van der Waals surface area contributed by atoms with E-state index in [0.29, 0.717) is 24.2 Å². The van der Waals surface area contributed by atoms with Crippen LogP contribution in [0.25, 0.3) is 0 Å². The Morgan fingerprint density at radius 3 is 2.36 bits per heavy atom. The van der Waals surface area contributed by atoms with Crippen LogP contribution < -0.4 is 0 Å². The quantitative estimate of drug-likeness (QED) is 0.598. The number of rotatable bonds is 5. The summed E-state index contributed by atoms with van der Waals surface area (Å²) in [6.45, 7) is 4.12. The molecule has 0 N–H and O–H groups in total. The number of esters is 1. The van der Waals surface area contributed by atoms with Crippen LogP contribution >= 0.6 is 0 Å². The first-order chi connectivity index (χ1) is 12.1. The fourth-order valence-electron chi connectivity index (χ4n) is 3.42. The van der Waals surface area contributed by atoms with Crippen molar-refractivity contribution in [2.45, 2.75) is 26.2 Å². The van der Waals surface area contributed by atoms with Gasteiger partial charge in [-0.05, 0) is 25.8 Å². The Kier molecular flexibility index (Phi) is 5.13. The fourth-order valence-corrected chi connectivity index (χ4v) is 3.42. The van der Waals surface area contributed by atoms with E-state index in [4.69, 9.17) is 4.74 Å². The van der Waals surface area contributed by atoms with Crippen molar-refractivity contribution in [2.75, 3.05) is 6.61 Å². The maximum Gasteiger partial charge on any atom is 0.334 e. The van der Waals surface area contributed by atoms with Gasteiger partial charge in [0.05, 0.1) is 6.61 Å². The van der Waals surface area contributed by atoms with Crippen LogP contribution in [0, 0.1) is 12.8 Å². The third-order valence-corrected chi connectivity index (χ3v) is 4.67. The second-order valence-electron chi connectivity index (χ2n) is 6.34. The van der Waals surface area contributed by atoms with E-state index in [1.165, 1.54) is 0 Å². The summed E-state index contributed by atoms with van der Waals surface area (Å²) in [7, 11) is 0. The van der Waals surface area contributed by atoms with Crippen LogP contribution in [-0.4, -0.2) is 18.4 Å². The number of ether oxygens (including phenoxy) is 1. The minimum atomic E-state index is -0.324. The largest absolute Gasteiger partial charge is 0.463 e. The van der Waals surface area contributed by atoms with Gasteiger partial charge in [-0.15, -0.1) is 0 Å². The first-order valence-corrected chi connectivity index (χ1v) is 8.64. The maximum atomic E-state index is 13.1. The van der Waals surface area contributed by atoms with Gasteiger partial charge in [-0.25, -0.2) is 4.79 Å². The number of benzene rings is 2. The summed E-state index contributed by atoms with van der Waals surface area (Å²) in [6, 6.07) is 17.4. The number of carbonyl (C=O) groups excluding carboxylic acids is 2. The monoisotopic (exact) mass is 334 g/mol. The number of aryl methyl sites for hydroxylation is 1. The average Bonchev–Trinajstić information content (AvgIpc) is 3.08. The minimum Gasteiger partial charge on any atom is -0.463 e. The van der Waals surface area contributed by atoms with Gasteiger partial charge in [0.2, 0.25) is 0 Å². The second-order valence-corrected chi connectivity index (χ2v) is 6.34. The highest BCUT2D eigenvalue weighted by Gasteiger charge is 2.39. The predicted molar refractivity (Wildman–Crippen MR) is 97.5 cm³/mol. The van der Waals surface area contributed by atoms with E-state index in [1.807, 2.05) is 67.6 Å². The Labute approximate surface area is 148 Å². The molecule has 0 aromatic heterocycles. The van der Waals surface area contributed by atoms with Gasteiger partial charge >= 0.3 is 5.97 Å². The van der Waals surface area contributed by atoms with Crippen molar-refractivity contribution in [2.24, 2.45) is 5.92 Å². The van der Waals surface area contributed by atoms with E-state index < -0.39 is 0 Å². The Hall–Kier alpha value is -2.68. The van der Waals surface area contributed by atoms with Gasteiger partial charge in [0.25, 0.3) is 0 Å². The zero-order valence-electron chi connectivity index (χ0n) is 14.6. The highest BCUT2D eigenvalue weighted by molar-refractivity contribution is 6.02. The molecule has 0 bridgehead atoms. The molecule has 0 fully saturated rings. The molecule has 0 saturated carbocycles. The van der Waals surface area contributed by atoms with Gasteiger partial charge in [-0.2, -0.15) is 0 Å². The molecule has 3 heteroatoms. The lowest BCUT2D eigenvalue weighted by Crippen LogP contribution is -2.23. The number of hydrogen-bond acceptors (Lipinski definition) is 3.